The van der Waals surface area contributed by atoms with Gasteiger partial charge in [-0.05, 0) is 64.8 Å². The first kappa shape index (κ1) is 21.5. The van der Waals surface area contributed by atoms with E-state index in [9.17, 15) is 4.79 Å². The smallest absolute Gasteiger partial charge is 0.234 e. The van der Waals surface area contributed by atoms with E-state index in [2.05, 4.69) is 73.9 Å². The molecule has 1 heterocycles. The van der Waals surface area contributed by atoms with Crippen molar-refractivity contribution in [2.24, 2.45) is 5.92 Å². The topological polar surface area (TPSA) is 36.0 Å². The van der Waals surface area contributed by atoms with E-state index in [0.29, 0.717) is 0 Å². The molecule has 0 aromatic heterocycles. The fraction of sp³-hybridized carbons (Fsp3) is 0.500. The SMILES string of the molecule is CCN(CC)c1ccc2c(c1)Oc1cc(N(CC)CC)ccc1N2C(=O)C1CCCC1. The highest BCUT2D eigenvalue weighted by atomic mass is 16.5. The van der Waals surface area contributed by atoms with Gasteiger partial charge in [-0.1, -0.05) is 12.8 Å². The summed E-state index contributed by atoms with van der Waals surface area (Å²) < 4.78 is 6.43. The van der Waals surface area contributed by atoms with Gasteiger partial charge in [0.25, 0.3) is 0 Å². The minimum Gasteiger partial charge on any atom is -0.453 e. The summed E-state index contributed by atoms with van der Waals surface area (Å²) in [6.45, 7) is 12.4. The van der Waals surface area contributed by atoms with Gasteiger partial charge in [0.2, 0.25) is 5.91 Å². The van der Waals surface area contributed by atoms with Crippen LogP contribution in [-0.2, 0) is 4.79 Å². The van der Waals surface area contributed by atoms with Crippen LogP contribution in [0.4, 0.5) is 22.7 Å². The Labute approximate surface area is 186 Å². The van der Waals surface area contributed by atoms with Gasteiger partial charge in [0.15, 0.2) is 11.5 Å². The highest BCUT2D eigenvalue weighted by Gasteiger charge is 2.35. The summed E-state index contributed by atoms with van der Waals surface area (Å²) in [6.07, 6.45) is 4.25. The van der Waals surface area contributed by atoms with Crippen LogP contribution in [0.25, 0.3) is 0 Å². The van der Waals surface area contributed by atoms with Crippen LogP contribution >= 0.6 is 0 Å². The number of fused-ring (bicyclic) bond motifs is 2. The minimum atomic E-state index is 0.101. The van der Waals surface area contributed by atoms with Gasteiger partial charge in [0, 0.05) is 55.6 Å². The zero-order valence-electron chi connectivity index (χ0n) is 19.4. The molecule has 1 amide bonds. The van der Waals surface area contributed by atoms with Crippen molar-refractivity contribution in [1.82, 2.24) is 0 Å². The van der Waals surface area contributed by atoms with Crippen LogP contribution in [0.2, 0.25) is 0 Å². The van der Waals surface area contributed by atoms with Crippen LogP contribution in [0.1, 0.15) is 53.4 Å². The first-order valence-electron chi connectivity index (χ1n) is 11.9. The lowest BCUT2D eigenvalue weighted by Gasteiger charge is -2.34. The summed E-state index contributed by atoms with van der Waals surface area (Å²) in [5, 5.41) is 0. The number of ether oxygens (including phenoxy) is 1. The summed E-state index contributed by atoms with van der Waals surface area (Å²) in [7, 11) is 0. The number of anilines is 4. The molecule has 166 valence electrons. The van der Waals surface area contributed by atoms with E-state index in [4.69, 9.17) is 4.74 Å². The molecule has 1 aliphatic heterocycles. The van der Waals surface area contributed by atoms with Gasteiger partial charge in [0.05, 0.1) is 11.4 Å². The highest BCUT2D eigenvalue weighted by Crippen LogP contribution is 2.50. The molecule has 0 spiro atoms. The second kappa shape index (κ2) is 9.21. The Kier molecular flexibility index (Phi) is 6.40. The van der Waals surface area contributed by atoms with Gasteiger partial charge in [0.1, 0.15) is 0 Å². The van der Waals surface area contributed by atoms with Gasteiger partial charge in [-0.2, -0.15) is 0 Å². The molecule has 0 radical (unpaired) electrons. The van der Waals surface area contributed by atoms with E-state index in [1.165, 1.54) is 0 Å². The van der Waals surface area contributed by atoms with E-state index in [-0.39, 0.29) is 11.8 Å². The highest BCUT2D eigenvalue weighted by molar-refractivity contribution is 6.06. The zero-order chi connectivity index (χ0) is 22.0. The molecular weight excluding hydrogens is 386 g/mol. The molecule has 2 aromatic carbocycles. The standard InChI is InChI=1S/C26H35N3O2/c1-5-27(6-2)20-13-15-22-24(17-20)31-25-18-21(28(7-3)8-4)14-16-23(25)29(22)26(30)19-11-9-10-12-19/h13-19H,5-12H2,1-4H3. The maximum absolute atomic E-state index is 13.6. The second-order valence-electron chi connectivity index (χ2n) is 8.41. The number of amides is 1. The molecule has 1 aliphatic carbocycles. The Morgan fingerprint density at radius 1 is 0.839 bits per heavy atom. The van der Waals surface area contributed by atoms with E-state index < -0.39 is 0 Å². The average Bonchev–Trinajstić information content (AvgIpc) is 3.33. The third kappa shape index (κ3) is 3.98. The normalized spacial score (nSPS) is 15.3. The molecule has 5 nitrogen and oxygen atoms in total. The molecule has 2 aliphatic rings. The van der Waals surface area contributed by atoms with Crippen molar-refractivity contribution in [3.05, 3.63) is 36.4 Å². The van der Waals surface area contributed by atoms with Gasteiger partial charge >= 0.3 is 0 Å². The van der Waals surface area contributed by atoms with Crippen LogP contribution in [0.3, 0.4) is 0 Å². The number of rotatable bonds is 7. The van der Waals surface area contributed by atoms with Crippen LogP contribution in [0, 0.1) is 5.92 Å². The van der Waals surface area contributed by atoms with Crippen molar-refractivity contribution >= 4 is 28.7 Å². The van der Waals surface area contributed by atoms with Crippen LogP contribution in [0.5, 0.6) is 11.5 Å². The van der Waals surface area contributed by atoms with Crippen molar-refractivity contribution in [2.45, 2.75) is 53.4 Å². The summed E-state index contributed by atoms with van der Waals surface area (Å²) in [4.78, 5) is 20.2. The van der Waals surface area contributed by atoms with E-state index in [1.807, 2.05) is 4.90 Å². The summed E-state index contributed by atoms with van der Waals surface area (Å²) >= 11 is 0. The number of carbonyl (C=O) groups is 1. The number of nitrogens with zero attached hydrogens (tertiary/aromatic N) is 3. The molecule has 0 bridgehead atoms. The van der Waals surface area contributed by atoms with Crippen LogP contribution < -0.4 is 19.4 Å². The Hall–Kier alpha value is -2.69. The second-order valence-corrected chi connectivity index (χ2v) is 8.41. The quantitative estimate of drug-likeness (QED) is 0.523. The summed E-state index contributed by atoms with van der Waals surface area (Å²) in [5.41, 5.74) is 3.97. The van der Waals surface area contributed by atoms with Gasteiger partial charge in [-0.3, -0.25) is 9.69 Å². The average molecular weight is 422 g/mol. The Bertz CT molecular complexity index is 867. The van der Waals surface area contributed by atoms with Crippen molar-refractivity contribution < 1.29 is 9.53 Å². The lowest BCUT2D eigenvalue weighted by molar-refractivity contribution is -0.121. The molecule has 1 saturated carbocycles. The first-order valence-corrected chi connectivity index (χ1v) is 11.9. The van der Waals surface area contributed by atoms with E-state index in [1.54, 1.807) is 0 Å². The monoisotopic (exact) mass is 421 g/mol. The number of benzene rings is 2. The van der Waals surface area contributed by atoms with E-state index >= 15 is 0 Å². The Balaban J connectivity index is 1.80. The predicted octanol–water partition coefficient (Wildman–Crippen LogP) is 6.34. The summed E-state index contributed by atoms with van der Waals surface area (Å²) in [5.74, 6) is 1.83. The lowest BCUT2D eigenvalue weighted by atomic mass is 10.0. The molecule has 0 N–H and O–H groups in total. The molecule has 31 heavy (non-hydrogen) atoms. The van der Waals surface area contributed by atoms with Crippen LogP contribution in [-0.4, -0.2) is 32.1 Å². The fourth-order valence-electron chi connectivity index (χ4n) is 4.95. The largest absolute Gasteiger partial charge is 0.453 e. The van der Waals surface area contributed by atoms with Crippen molar-refractivity contribution in [3.8, 4) is 11.5 Å². The Morgan fingerprint density at radius 3 is 1.71 bits per heavy atom. The predicted molar refractivity (Wildman–Crippen MR) is 129 cm³/mol. The molecule has 2 aromatic rings. The number of carbonyl (C=O) groups excluding carboxylic acids is 1. The number of hydrogen-bond donors (Lipinski definition) is 0. The van der Waals surface area contributed by atoms with Gasteiger partial charge in [-0.15, -0.1) is 0 Å². The maximum atomic E-state index is 13.6. The molecule has 0 saturated heterocycles. The number of hydrogen-bond acceptors (Lipinski definition) is 4. The molecule has 0 atom stereocenters. The van der Waals surface area contributed by atoms with Crippen molar-refractivity contribution in [2.75, 3.05) is 40.9 Å². The Morgan fingerprint density at radius 2 is 1.29 bits per heavy atom. The third-order valence-corrected chi connectivity index (χ3v) is 6.77. The maximum Gasteiger partial charge on any atom is 0.234 e. The van der Waals surface area contributed by atoms with Crippen molar-refractivity contribution in [3.63, 3.8) is 0 Å². The third-order valence-electron chi connectivity index (χ3n) is 6.77. The molecule has 1 fully saturated rings. The minimum absolute atomic E-state index is 0.101. The van der Waals surface area contributed by atoms with Gasteiger partial charge < -0.3 is 14.5 Å². The molecule has 4 rings (SSSR count). The van der Waals surface area contributed by atoms with Crippen LogP contribution in [0.15, 0.2) is 36.4 Å². The lowest BCUT2D eigenvalue weighted by Crippen LogP contribution is -2.33. The van der Waals surface area contributed by atoms with Crippen molar-refractivity contribution in [1.29, 1.82) is 0 Å². The molecular formula is C26H35N3O2. The zero-order valence-corrected chi connectivity index (χ0v) is 19.4. The molecule has 5 heteroatoms. The fourth-order valence-corrected chi connectivity index (χ4v) is 4.95. The first-order chi connectivity index (χ1) is 15.1. The molecule has 0 unspecified atom stereocenters. The van der Waals surface area contributed by atoms with Gasteiger partial charge in [-0.25, -0.2) is 0 Å². The van der Waals surface area contributed by atoms with E-state index in [0.717, 1.165) is 86.1 Å². The summed E-state index contributed by atoms with van der Waals surface area (Å²) in [6, 6.07) is 12.5.